The number of fused-ring (bicyclic) bond motifs is 1. The molecule has 10 atom stereocenters. The maximum atomic E-state index is 13.1. The molecule has 4 unspecified atom stereocenters. The number of carbonyl (C=O) groups is 3. The van der Waals surface area contributed by atoms with Gasteiger partial charge in [-0.15, -0.1) is 0 Å². The smallest absolute Gasteiger partial charge is 0.408 e. The molecule has 1 amide bonds. The lowest BCUT2D eigenvalue weighted by molar-refractivity contribution is -0.312. The molecule has 0 spiro atoms. The Labute approximate surface area is 238 Å². The maximum absolute atomic E-state index is 13.1. The largest absolute Gasteiger partial charge is 0.453 e. The monoisotopic (exact) mass is 569 g/mol. The van der Waals surface area contributed by atoms with Crippen molar-refractivity contribution in [3.63, 3.8) is 0 Å². The van der Waals surface area contributed by atoms with Gasteiger partial charge in [-0.2, -0.15) is 0 Å². The molecule has 0 bridgehead atoms. The molecule has 3 aliphatic heterocycles. The number of hydrogen-bond donors (Lipinski definition) is 2. The number of alkyl carbamates (subject to hydrolysis) is 1. The molecule has 0 aliphatic carbocycles. The lowest BCUT2D eigenvalue weighted by Gasteiger charge is -2.47. The number of benzene rings is 2. The van der Waals surface area contributed by atoms with E-state index in [4.69, 9.17) is 28.4 Å². The van der Waals surface area contributed by atoms with Crippen LogP contribution in [0.3, 0.4) is 0 Å². The zero-order valence-corrected chi connectivity index (χ0v) is 23.1. The molecule has 41 heavy (non-hydrogen) atoms. The van der Waals surface area contributed by atoms with Crippen LogP contribution in [-0.4, -0.2) is 84.1 Å². The molecule has 220 valence electrons. The van der Waals surface area contributed by atoms with Crippen LogP contribution in [0.4, 0.5) is 4.79 Å². The number of Topliss-reactive ketones (excluding diaryl/α,β-unsaturated/α-hetero) is 1. The Morgan fingerprint density at radius 2 is 1.66 bits per heavy atom. The van der Waals surface area contributed by atoms with Crippen LogP contribution in [0.1, 0.15) is 43.1 Å². The van der Waals surface area contributed by atoms with Crippen molar-refractivity contribution in [1.29, 1.82) is 0 Å². The van der Waals surface area contributed by atoms with Gasteiger partial charge in [0.1, 0.15) is 30.5 Å². The van der Waals surface area contributed by atoms with Crippen LogP contribution < -0.4 is 5.32 Å². The van der Waals surface area contributed by atoms with Gasteiger partial charge in [-0.25, -0.2) is 9.59 Å². The van der Waals surface area contributed by atoms with E-state index >= 15 is 0 Å². The molecule has 0 saturated carbocycles. The fraction of sp³-hybridized carbons (Fsp3) is 0.500. The highest BCUT2D eigenvalue weighted by atomic mass is 16.7. The molecule has 3 saturated heterocycles. The minimum atomic E-state index is -1.11. The molecule has 3 heterocycles. The van der Waals surface area contributed by atoms with E-state index in [9.17, 15) is 19.5 Å². The molecule has 3 fully saturated rings. The van der Waals surface area contributed by atoms with Gasteiger partial charge in [0.2, 0.25) is 0 Å². The summed E-state index contributed by atoms with van der Waals surface area (Å²) < 4.78 is 36.2. The Morgan fingerprint density at radius 1 is 0.976 bits per heavy atom. The second kappa shape index (κ2) is 12.7. The summed E-state index contributed by atoms with van der Waals surface area (Å²) in [5.41, 5.74) is 1.20. The van der Waals surface area contributed by atoms with Crippen molar-refractivity contribution in [3.8, 4) is 0 Å². The third-order valence-electron chi connectivity index (χ3n) is 7.60. The van der Waals surface area contributed by atoms with Crippen molar-refractivity contribution in [2.24, 2.45) is 0 Å². The molecular weight excluding hydrogens is 534 g/mol. The first-order valence-corrected chi connectivity index (χ1v) is 13.8. The molecule has 0 radical (unpaired) electrons. The van der Waals surface area contributed by atoms with Gasteiger partial charge in [-0.3, -0.25) is 4.79 Å². The number of amides is 1. The van der Waals surface area contributed by atoms with E-state index in [1.807, 2.05) is 37.3 Å². The van der Waals surface area contributed by atoms with Crippen LogP contribution in [0, 0.1) is 0 Å². The third-order valence-corrected chi connectivity index (χ3v) is 7.60. The average molecular weight is 570 g/mol. The highest BCUT2D eigenvalue weighted by Crippen LogP contribution is 2.35. The molecule has 2 aromatic carbocycles. The number of esters is 1. The molecule has 0 aromatic heterocycles. The Bertz CT molecular complexity index is 1210. The molecule has 2 N–H and O–H groups in total. The summed E-state index contributed by atoms with van der Waals surface area (Å²) in [7, 11) is 0. The quantitative estimate of drug-likeness (QED) is 0.433. The summed E-state index contributed by atoms with van der Waals surface area (Å²) in [5, 5.41) is 13.3. The Kier molecular flexibility index (Phi) is 9.00. The predicted molar refractivity (Wildman–Crippen MR) is 143 cm³/mol. The SMILES string of the molecule is CCC1O[C@@H](O[C@H]2C(C(C)=O)O[C@H](C)C(OC(=O)c3ccccc3)[C@@H]2OCc2ccccc2)C2NC(=O)O[C@H]2[C@@H]1O. The summed E-state index contributed by atoms with van der Waals surface area (Å²) in [5.74, 6) is -0.909. The van der Waals surface area contributed by atoms with Crippen molar-refractivity contribution in [2.75, 3.05) is 0 Å². The van der Waals surface area contributed by atoms with Gasteiger partial charge in [0.05, 0.1) is 24.4 Å². The third kappa shape index (κ3) is 6.29. The van der Waals surface area contributed by atoms with Gasteiger partial charge in [0, 0.05) is 0 Å². The molecule has 5 rings (SSSR count). The Morgan fingerprint density at radius 3 is 2.32 bits per heavy atom. The molecule has 11 nitrogen and oxygen atoms in total. The van der Waals surface area contributed by atoms with Crippen molar-refractivity contribution in [2.45, 2.75) is 95.0 Å². The highest BCUT2D eigenvalue weighted by molar-refractivity contribution is 5.89. The van der Waals surface area contributed by atoms with Crippen LogP contribution >= 0.6 is 0 Å². The van der Waals surface area contributed by atoms with Gasteiger partial charge in [0.25, 0.3) is 0 Å². The van der Waals surface area contributed by atoms with Crippen molar-refractivity contribution in [1.82, 2.24) is 5.32 Å². The lowest BCUT2D eigenvalue weighted by Crippen LogP contribution is -2.65. The van der Waals surface area contributed by atoms with Crippen LogP contribution in [0.15, 0.2) is 60.7 Å². The van der Waals surface area contributed by atoms with Crippen LogP contribution in [0.5, 0.6) is 0 Å². The van der Waals surface area contributed by atoms with E-state index in [-0.39, 0.29) is 12.4 Å². The van der Waals surface area contributed by atoms with Gasteiger partial charge in [0.15, 0.2) is 24.3 Å². The van der Waals surface area contributed by atoms with Gasteiger partial charge in [-0.05, 0) is 38.0 Å². The van der Waals surface area contributed by atoms with Gasteiger partial charge < -0.3 is 38.8 Å². The summed E-state index contributed by atoms with van der Waals surface area (Å²) in [6.45, 7) is 5.04. The van der Waals surface area contributed by atoms with Crippen LogP contribution in [0.2, 0.25) is 0 Å². The second-order valence-corrected chi connectivity index (χ2v) is 10.5. The number of carbonyl (C=O) groups excluding carboxylic acids is 3. The highest BCUT2D eigenvalue weighted by Gasteiger charge is 2.56. The number of hydrogen-bond acceptors (Lipinski definition) is 10. The second-order valence-electron chi connectivity index (χ2n) is 10.5. The summed E-state index contributed by atoms with van der Waals surface area (Å²) in [6, 6.07) is 17.1. The number of aliphatic hydroxyl groups excluding tert-OH is 1. The predicted octanol–water partition coefficient (Wildman–Crippen LogP) is 2.53. The van der Waals surface area contributed by atoms with E-state index in [2.05, 4.69) is 5.32 Å². The maximum Gasteiger partial charge on any atom is 0.408 e. The zero-order chi connectivity index (χ0) is 29.1. The fourth-order valence-corrected chi connectivity index (χ4v) is 5.49. The van der Waals surface area contributed by atoms with Crippen molar-refractivity contribution in [3.05, 3.63) is 71.8 Å². The topological polar surface area (TPSA) is 139 Å². The molecular formula is C30H35NO10. The zero-order valence-electron chi connectivity index (χ0n) is 23.1. The minimum Gasteiger partial charge on any atom is -0.453 e. The van der Waals surface area contributed by atoms with E-state index in [1.165, 1.54) is 6.92 Å². The first kappa shape index (κ1) is 29.2. The number of ketones is 1. The number of aliphatic hydroxyl groups is 1. The number of nitrogens with one attached hydrogen (secondary N) is 1. The number of ether oxygens (including phenoxy) is 6. The standard InChI is InChI=1S/C30H35NO10/c1-4-20-22(33)25-21(31-30(35)41-25)29(38-20)40-27-23(16(2)32)37-17(3)24(39-28(34)19-13-9-6-10-14-19)26(27)36-15-18-11-7-5-8-12-18/h5-14,17,20-27,29,33H,4,15H2,1-3H3,(H,31,35)/t17-,20?,21?,22-,23?,24?,25-,26+,27+,29+/m1/s1. The average Bonchev–Trinajstić information content (AvgIpc) is 3.38. The van der Waals surface area contributed by atoms with Crippen LogP contribution in [-0.2, 0) is 39.8 Å². The van der Waals surface area contributed by atoms with Gasteiger partial charge >= 0.3 is 12.1 Å². The molecule has 3 aliphatic rings. The van der Waals surface area contributed by atoms with Crippen LogP contribution in [0.25, 0.3) is 0 Å². The molecule has 11 heteroatoms. The first-order valence-electron chi connectivity index (χ1n) is 13.8. The first-order chi connectivity index (χ1) is 19.8. The van der Waals surface area contributed by atoms with Crippen molar-refractivity contribution < 1.29 is 47.9 Å². The van der Waals surface area contributed by atoms with Gasteiger partial charge in [-0.1, -0.05) is 55.5 Å². The van der Waals surface area contributed by atoms with E-state index in [0.717, 1.165) is 5.56 Å². The lowest BCUT2D eigenvalue weighted by atomic mass is 9.92. The normalized spacial score (nSPS) is 34.7. The van der Waals surface area contributed by atoms with E-state index in [0.29, 0.717) is 12.0 Å². The molecule has 2 aromatic rings. The summed E-state index contributed by atoms with van der Waals surface area (Å²) >= 11 is 0. The minimum absolute atomic E-state index is 0.135. The number of rotatable bonds is 9. The Hall–Kier alpha value is -3.35. The summed E-state index contributed by atoms with van der Waals surface area (Å²) in [6.07, 6.45) is -8.93. The van der Waals surface area contributed by atoms with Crippen molar-refractivity contribution >= 4 is 17.8 Å². The Balaban J connectivity index is 1.47. The fourth-order valence-electron chi connectivity index (χ4n) is 5.49. The van der Waals surface area contributed by atoms with E-state index in [1.54, 1.807) is 37.3 Å². The summed E-state index contributed by atoms with van der Waals surface area (Å²) in [4.78, 5) is 38.1. The van der Waals surface area contributed by atoms with E-state index < -0.39 is 73.2 Å².